The average molecular weight is 298 g/mol. The molecule has 0 bridgehead atoms. The second kappa shape index (κ2) is 6.56. The predicted molar refractivity (Wildman–Crippen MR) is 79.4 cm³/mol. The molecule has 0 saturated heterocycles. The standard InChI is InChI=1S/C14H22N2O3S/c15-13-7-3-1-6-12(13)10-20(18,19)16-9-11-5-2-4-8-14(11)17/h1,3,6-7,11,14,16-17H,2,4-5,8-10,15H2. The fraction of sp³-hybridized carbons (Fsp3) is 0.571. The van der Waals surface area contributed by atoms with E-state index in [1.807, 2.05) is 0 Å². The molecule has 1 aromatic carbocycles. The molecule has 1 fully saturated rings. The first kappa shape index (κ1) is 15.3. The number of anilines is 1. The lowest BCUT2D eigenvalue weighted by Crippen LogP contribution is -2.37. The topological polar surface area (TPSA) is 92.4 Å². The minimum atomic E-state index is -3.42. The van der Waals surface area contributed by atoms with Crippen molar-refractivity contribution in [3.63, 3.8) is 0 Å². The van der Waals surface area contributed by atoms with E-state index in [0.717, 1.165) is 25.7 Å². The molecule has 1 aliphatic carbocycles. The number of sulfonamides is 1. The lowest BCUT2D eigenvalue weighted by atomic mass is 9.87. The Labute approximate surface area is 120 Å². The summed E-state index contributed by atoms with van der Waals surface area (Å²) in [5.74, 6) is -0.102. The Morgan fingerprint density at radius 3 is 2.65 bits per heavy atom. The number of rotatable bonds is 5. The maximum Gasteiger partial charge on any atom is 0.215 e. The molecule has 2 unspecified atom stereocenters. The molecule has 20 heavy (non-hydrogen) atoms. The molecular formula is C14H22N2O3S. The molecule has 0 heterocycles. The summed E-state index contributed by atoms with van der Waals surface area (Å²) in [6, 6.07) is 6.95. The normalized spacial score (nSPS) is 23.6. The van der Waals surface area contributed by atoms with Crippen molar-refractivity contribution in [2.45, 2.75) is 37.5 Å². The molecule has 4 N–H and O–H groups in total. The molecule has 112 valence electrons. The van der Waals surface area contributed by atoms with Gasteiger partial charge >= 0.3 is 0 Å². The third-order valence-corrected chi connectivity index (χ3v) is 5.13. The molecule has 5 nitrogen and oxygen atoms in total. The number of hydrogen-bond donors (Lipinski definition) is 3. The number of hydrogen-bond acceptors (Lipinski definition) is 4. The lowest BCUT2D eigenvalue weighted by molar-refractivity contribution is 0.0724. The minimum Gasteiger partial charge on any atom is -0.398 e. The van der Waals surface area contributed by atoms with E-state index in [1.54, 1.807) is 24.3 Å². The summed E-state index contributed by atoms with van der Waals surface area (Å²) < 4.78 is 26.7. The highest BCUT2D eigenvalue weighted by atomic mass is 32.2. The monoisotopic (exact) mass is 298 g/mol. The number of aliphatic hydroxyl groups excluding tert-OH is 1. The Morgan fingerprint density at radius 2 is 1.95 bits per heavy atom. The molecule has 0 aliphatic heterocycles. The van der Waals surface area contributed by atoms with Gasteiger partial charge in [0, 0.05) is 12.2 Å². The van der Waals surface area contributed by atoms with Gasteiger partial charge in [-0.05, 0) is 30.4 Å². The average Bonchev–Trinajstić information content (AvgIpc) is 2.40. The van der Waals surface area contributed by atoms with E-state index >= 15 is 0 Å². The summed E-state index contributed by atoms with van der Waals surface area (Å²) in [4.78, 5) is 0. The van der Waals surface area contributed by atoms with Crippen LogP contribution < -0.4 is 10.5 Å². The largest absolute Gasteiger partial charge is 0.398 e. The van der Waals surface area contributed by atoms with Crippen LogP contribution in [0.1, 0.15) is 31.2 Å². The maximum absolute atomic E-state index is 12.1. The molecule has 0 radical (unpaired) electrons. The van der Waals surface area contributed by atoms with Crippen molar-refractivity contribution in [1.82, 2.24) is 4.72 Å². The van der Waals surface area contributed by atoms with Crippen molar-refractivity contribution in [2.75, 3.05) is 12.3 Å². The lowest BCUT2D eigenvalue weighted by Gasteiger charge is -2.27. The van der Waals surface area contributed by atoms with Gasteiger partial charge in [0.2, 0.25) is 10.0 Å². The van der Waals surface area contributed by atoms with Gasteiger partial charge in [-0.25, -0.2) is 13.1 Å². The van der Waals surface area contributed by atoms with Crippen LogP contribution in [-0.4, -0.2) is 26.2 Å². The Balaban J connectivity index is 1.92. The van der Waals surface area contributed by atoms with Gasteiger partial charge in [-0.3, -0.25) is 0 Å². The van der Waals surface area contributed by atoms with Gasteiger partial charge in [0.25, 0.3) is 0 Å². The Kier molecular flexibility index (Phi) is 5.01. The van der Waals surface area contributed by atoms with E-state index in [1.165, 1.54) is 0 Å². The maximum atomic E-state index is 12.1. The fourth-order valence-electron chi connectivity index (χ4n) is 2.58. The van der Waals surface area contributed by atoms with E-state index in [4.69, 9.17) is 5.73 Å². The van der Waals surface area contributed by atoms with Crippen molar-refractivity contribution in [1.29, 1.82) is 0 Å². The SMILES string of the molecule is Nc1ccccc1CS(=O)(=O)NCC1CCCCC1O. The van der Waals surface area contributed by atoms with Crippen LogP contribution in [0.2, 0.25) is 0 Å². The molecule has 2 rings (SSSR count). The van der Waals surface area contributed by atoms with Gasteiger partial charge < -0.3 is 10.8 Å². The summed E-state index contributed by atoms with van der Waals surface area (Å²) in [5, 5.41) is 9.84. The van der Waals surface area contributed by atoms with Crippen LogP contribution >= 0.6 is 0 Å². The van der Waals surface area contributed by atoms with Crippen LogP contribution in [0.3, 0.4) is 0 Å². The second-order valence-electron chi connectivity index (χ2n) is 5.42. The highest BCUT2D eigenvalue weighted by Crippen LogP contribution is 2.24. The Hall–Kier alpha value is -1.11. The van der Waals surface area contributed by atoms with E-state index in [9.17, 15) is 13.5 Å². The summed E-state index contributed by atoms with van der Waals surface area (Å²) in [6.45, 7) is 0.302. The Morgan fingerprint density at radius 1 is 1.25 bits per heavy atom. The molecule has 1 aliphatic rings. The van der Waals surface area contributed by atoms with Crippen LogP contribution in [0.15, 0.2) is 24.3 Å². The van der Waals surface area contributed by atoms with E-state index in [0.29, 0.717) is 17.8 Å². The van der Waals surface area contributed by atoms with Crippen molar-refractivity contribution >= 4 is 15.7 Å². The zero-order chi connectivity index (χ0) is 14.6. The quantitative estimate of drug-likeness (QED) is 0.713. The number of nitrogens with one attached hydrogen (secondary N) is 1. The first-order valence-electron chi connectivity index (χ1n) is 6.97. The fourth-order valence-corrected chi connectivity index (χ4v) is 3.82. The van der Waals surface area contributed by atoms with E-state index < -0.39 is 16.1 Å². The van der Waals surface area contributed by atoms with Crippen LogP contribution in [0.4, 0.5) is 5.69 Å². The summed E-state index contributed by atoms with van der Waals surface area (Å²) in [6.07, 6.45) is 3.31. The first-order valence-corrected chi connectivity index (χ1v) is 8.62. The van der Waals surface area contributed by atoms with E-state index in [-0.39, 0.29) is 11.7 Å². The third-order valence-electron chi connectivity index (χ3n) is 3.84. The van der Waals surface area contributed by atoms with E-state index in [2.05, 4.69) is 4.72 Å². The summed E-state index contributed by atoms with van der Waals surface area (Å²) in [5.41, 5.74) is 6.84. The van der Waals surface area contributed by atoms with Gasteiger partial charge in [-0.2, -0.15) is 0 Å². The second-order valence-corrected chi connectivity index (χ2v) is 7.23. The molecule has 1 aromatic rings. The van der Waals surface area contributed by atoms with Gasteiger partial charge in [0.1, 0.15) is 0 Å². The van der Waals surface area contributed by atoms with Crippen molar-refractivity contribution in [3.8, 4) is 0 Å². The van der Waals surface area contributed by atoms with Crippen molar-refractivity contribution < 1.29 is 13.5 Å². The Bertz CT molecular complexity index is 545. The van der Waals surface area contributed by atoms with Crippen LogP contribution in [0.5, 0.6) is 0 Å². The number of nitrogens with two attached hydrogens (primary N) is 1. The molecular weight excluding hydrogens is 276 g/mol. The number of aliphatic hydroxyl groups is 1. The summed E-state index contributed by atoms with van der Waals surface area (Å²) in [7, 11) is -3.42. The molecule has 2 atom stereocenters. The van der Waals surface area contributed by atoms with Gasteiger partial charge in [0.05, 0.1) is 11.9 Å². The van der Waals surface area contributed by atoms with Crippen LogP contribution in [-0.2, 0) is 15.8 Å². The highest BCUT2D eigenvalue weighted by Gasteiger charge is 2.24. The van der Waals surface area contributed by atoms with Crippen LogP contribution in [0, 0.1) is 5.92 Å². The minimum absolute atomic E-state index is 0.0200. The molecule has 0 spiro atoms. The number of nitrogen functional groups attached to an aromatic ring is 1. The smallest absolute Gasteiger partial charge is 0.215 e. The van der Waals surface area contributed by atoms with Gasteiger partial charge in [-0.1, -0.05) is 31.0 Å². The molecule has 0 aromatic heterocycles. The first-order chi connectivity index (χ1) is 9.48. The molecule has 6 heteroatoms. The molecule has 1 saturated carbocycles. The molecule has 0 amide bonds. The zero-order valence-corrected chi connectivity index (χ0v) is 12.3. The third kappa shape index (κ3) is 4.19. The van der Waals surface area contributed by atoms with Crippen molar-refractivity contribution in [3.05, 3.63) is 29.8 Å². The number of para-hydroxylation sites is 1. The predicted octanol–water partition coefficient (Wildman–Crippen LogP) is 1.24. The van der Waals surface area contributed by atoms with Crippen LogP contribution in [0.25, 0.3) is 0 Å². The van der Waals surface area contributed by atoms with Crippen molar-refractivity contribution in [2.24, 2.45) is 5.92 Å². The summed E-state index contributed by atoms with van der Waals surface area (Å²) >= 11 is 0. The zero-order valence-electron chi connectivity index (χ0n) is 11.5. The van der Waals surface area contributed by atoms with Gasteiger partial charge in [0.15, 0.2) is 0 Å². The van der Waals surface area contributed by atoms with Gasteiger partial charge in [-0.15, -0.1) is 0 Å². The highest BCUT2D eigenvalue weighted by molar-refractivity contribution is 7.88. The number of benzene rings is 1.